The van der Waals surface area contributed by atoms with Gasteiger partial charge in [0.2, 0.25) is 5.91 Å². The number of rotatable bonds is 5. The molecule has 0 spiro atoms. The van der Waals surface area contributed by atoms with Gasteiger partial charge in [-0.2, -0.15) is 5.10 Å². The number of imidazole rings is 1. The van der Waals surface area contributed by atoms with E-state index in [0.717, 1.165) is 22.4 Å². The number of hydrogen-bond donors (Lipinski definition) is 1. The molecule has 0 unspecified atom stereocenters. The van der Waals surface area contributed by atoms with Crippen LogP contribution in [-0.2, 0) is 4.79 Å². The summed E-state index contributed by atoms with van der Waals surface area (Å²) in [5.74, 6) is -0.199. The number of anilines is 1. The molecule has 0 aliphatic rings. The maximum Gasteiger partial charge on any atom is 0.221 e. The second-order valence-electron chi connectivity index (χ2n) is 7.53. The summed E-state index contributed by atoms with van der Waals surface area (Å²) in [6.45, 7) is 1.43. The average Bonchev–Trinajstić information content (AvgIpc) is 3.48. The monoisotopic (exact) mass is 441 g/mol. The molecule has 2 heterocycles. The predicted molar refractivity (Wildman–Crippen MR) is 124 cm³/mol. The molecular formula is C25H20FN5O2. The van der Waals surface area contributed by atoms with Gasteiger partial charge in [0.25, 0.3) is 0 Å². The van der Waals surface area contributed by atoms with E-state index in [2.05, 4.69) is 15.4 Å². The van der Waals surface area contributed by atoms with Crippen molar-refractivity contribution in [2.24, 2.45) is 0 Å². The van der Waals surface area contributed by atoms with Crippen LogP contribution in [0, 0.1) is 5.82 Å². The van der Waals surface area contributed by atoms with Crippen molar-refractivity contribution in [2.45, 2.75) is 6.92 Å². The molecule has 5 rings (SSSR count). The molecule has 33 heavy (non-hydrogen) atoms. The summed E-state index contributed by atoms with van der Waals surface area (Å²) in [6.07, 6.45) is 5.29. The summed E-state index contributed by atoms with van der Waals surface area (Å²) in [4.78, 5) is 16.3. The zero-order valence-corrected chi connectivity index (χ0v) is 18.0. The fourth-order valence-corrected chi connectivity index (χ4v) is 3.81. The minimum atomic E-state index is -0.417. The van der Waals surface area contributed by atoms with Crippen molar-refractivity contribution < 1.29 is 13.9 Å². The molecule has 0 aliphatic carbocycles. The maximum atomic E-state index is 14.8. The van der Waals surface area contributed by atoms with Crippen LogP contribution in [0.1, 0.15) is 6.92 Å². The highest BCUT2D eigenvalue weighted by atomic mass is 19.1. The van der Waals surface area contributed by atoms with Gasteiger partial charge in [-0.05, 0) is 60.2 Å². The number of carbonyl (C=O) groups excluding carboxylic acids is 1. The van der Waals surface area contributed by atoms with Crippen LogP contribution in [0.4, 0.5) is 10.1 Å². The van der Waals surface area contributed by atoms with Crippen LogP contribution in [0.5, 0.6) is 5.75 Å². The van der Waals surface area contributed by atoms with Crippen LogP contribution in [0.2, 0.25) is 0 Å². The molecule has 0 saturated carbocycles. The number of nitrogens with zero attached hydrogens (tertiary/aromatic N) is 4. The molecule has 0 aliphatic heterocycles. The van der Waals surface area contributed by atoms with E-state index in [-0.39, 0.29) is 5.91 Å². The van der Waals surface area contributed by atoms with Gasteiger partial charge >= 0.3 is 0 Å². The molecule has 1 N–H and O–H groups in total. The van der Waals surface area contributed by atoms with Gasteiger partial charge in [0, 0.05) is 42.3 Å². The first-order valence-electron chi connectivity index (χ1n) is 10.3. The number of carbonyl (C=O) groups is 1. The van der Waals surface area contributed by atoms with E-state index in [0.29, 0.717) is 22.6 Å². The molecule has 0 atom stereocenters. The lowest BCUT2D eigenvalue weighted by Crippen LogP contribution is -2.07. The standard InChI is InChI=1S/C25H20FN5O2/c1-16(32)29-18-10-17(22-6-5-21(33-2)14-23(22)26)11-20(12-18)30-15-27-24-13-19(4-7-25(24)30)31-9-3-8-28-31/h3-15H,1-2H3,(H,29,32). The third-order valence-corrected chi connectivity index (χ3v) is 5.30. The van der Waals surface area contributed by atoms with Gasteiger partial charge in [0.1, 0.15) is 17.9 Å². The Bertz CT molecular complexity index is 1470. The van der Waals surface area contributed by atoms with Crippen molar-refractivity contribution in [2.75, 3.05) is 12.4 Å². The fraction of sp³-hybridized carbons (Fsp3) is 0.0800. The van der Waals surface area contributed by atoms with Gasteiger partial charge in [0.15, 0.2) is 0 Å². The van der Waals surface area contributed by atoms with Crippen molar-refractivity contribution in [1.82, 2.24) is 19.3 Å². The quantitative estimate of drug-likeness (QED) is 0.417. The lowest BCUT2D eigenvalue weighted by molar-refractivity contribution is -0.114. The highest BCUT2D eigenvalue weighted by Crippen LogP contribution is 2.32. The van der Waals surface area contributed by atoms with Gasteiger partial charge in [-0.3, -0.25) is 9.36 Å². The topological polar surface area (TPSA) is 74.0 Å². The summed E-state index contributed by atoms with van der Waals surface area (Å²) in [7, 11) is 1.49. The van der Waals surface area contributed by atoms with Crippen molar-refractivity contribution in [3.63, 3.8) is 0 Å². The largest absolute Gasteiger partial charge is 0.497 e. The molecule has 1 amide bonds. The number of ether oxygens (including phenoxy) is 1. The van der Waals surface area contributed by atoms with Crippen LogP contribution < -0.4 is 10.1 Å². The van der Waals surface area contributed by atoms with E-state index < -0.39 is 5.82 Å². The van der Waals surface area contributed by atoms with Gasteiger partial charge in [-0.25, -0.2) is 14.1 Å². The fourth-order valence-electron chi connectivity index (χ4n) is 3.81. The van der Waals surface area contributed by atoms with Gasteiger partial charge < -0.3 is 10.1 Å². The smallest absolute Gasteiger partial charge is 0.221 e. The van der Waals surface area contributed by atoms with Crippen LogP contribution >= 0.6 is 0 Å². The zero-order valence-electron chi connectivity index (χ0n) is 18.0. The minimum Gasteiger partial charge on any atom is -0.497 e. The molecule has 3 aromatic carbocycles. The molecule has 5 aromatic rings. The number of methoxy groups -OCH3 is 1. The number of halogens is 1. The number of amides is 1. The second-order valence-corrected chi connectivity index (χ2v) is 7.53. The first kappa shape index (κ1) is 20.4. The Labute approximate surface area is 189 Å². The number of hydrogen-bond acceptors (Lipinski definition) is 4. The van der Waals surface area contributed by atoms with E-state index in [1.54, 1.807) is 35.4 Å². The Morgan fingerprint density at radius 2 is 1.94 bits per heavy atom. The third-order valence-electron chi connectivity index (χ3n) is 5.30. The number of aromatic nitrogens is 4. The Kier molecular flexibility index (Phi) is 5.10. The van der Waals surface area contributed by atoms with E-state index in [1.165, 1.54) is 20.1 Å². The van der Waals surface area contributed by atoms with Crippen LogP contribution in [-0.4, -0.2) is 32.3 Å². The SMILES string of the molecule is COc1ccc(-c2cc(NC(C)=O)cc(-n3cnc4cc(-n5cccn5)ccc43)c2)c(F)c1. The van der Waals surface area contributed by atoms with E-state index >= 15 is 0 Å². The molecule has 0 radical (unpaired) electrons. The minimum absolute atomic E-state index is 0.215. The molecule has 7 nitrogen and oxygen atoms in total. The Morgan fingerprint density at radius 3 is 2.67 bits per heavy atom. The molecular weight excluding hydrogens is 421 g/mol. The van der Waals surface area contributed by atoms with E-state index in [9.17, 15) is 9.18 Å². The van der Waals surface area contributed by atoms with E-state index in [1.807, 2.05) is 47.2 Å². The van der Waals surface area contributed by atoms with E-state index in [4.69, 9.17) is 4.74 Å². The third kappa shape index (κ3) is 3.94. The number of nitrogens with one attached hydrogen (secondary N) is 1. The lowest BCUT2D eigenvalue weighted by atomic mass is 10.0. The Balaban J connectivity index is 1.64. The van der Waals surface area contributed by atoms with Gasteiger partial charge in [0.05, 0.1) is 23.8 Å². The summed E-state index contributed by atoms with van der Waals surface area (Å²) in [6, 6.07) is 17.8. The summed E-state index contributed by atoms with van der Waals surface area (Å²) in [5.41, 5.74) is 4.85. The molecule has 164 valence electrons. The highest BCUT2D eigenvalue weighted by molar-refractivity contribution is 5.90. The highest BCUT2D eigenvalue weighted by Gasteiger charge is 2.13. The predicted octanol–water partition coefficient (Wildman–Crippen LogP) is 4.98. The second kappa shape index (κ2) is 8.23. The lowest BCUT2D eigenvalue weighted by Gasteiger charge is -2.13. The summed E-state index contributed by atoms with van der Waals surface area (Å²) < 4.78 is 23.6. The van der Waals surface area contributed by atoms with Crippen molar-refractivity contribution >= 4 is 22.6 Å². The maximum absolute atomic E-state index is 14.8. The Hall–Kier alpha value is -4.46. The molecule has 0 saturated heterocycles. The number of benzene rings is 3. The molecule has 2 aromatic heterocycles. The van der Waals surface area contributed by atoms with Crippen molar-refractivity contribution in [3.05, 3.63) is 85.2 Å². The normalized spacial score (nSPS) is 11.0. The zero-order chi connectivity index (χ0) is 22.9. The summed E-state index contributed by atoms with van der Waals surface area (Å²) in [5, 5.41) is 7.06. The Morgan fingerprint density at radius 1 is 1.06 bits per heavy atom. The van der Waals surface area contributed by atoms with Crippen LogP contribution in [0.15, 0.2) is 79.4 Å². The van der Waals surface area contributed by atoms with Gasteiger partial charge in [-0.15, -0.1) is 0 Å². The first-order valence-corrected chi connectivity index (χ1v) is 10.3. The van der Waals surface area contributed by atoms with Gasteiger partial charge in [-0.1, -0.05) is 0 Å². The molecule has 8 heteroatoms. The molecule has 0 fully saturated rings. The van der Waals surface area contributed by atoms with Crippen LogP contribution in [0.25, 0.3) is 33.5 Å². The summed E-state index contributed by atoms with van der Waals surface area (Å²) >= 11 is 0. The van der Waals surface area contributed by atoms with Crippen LogP contribution in [0.3, 0.4) is 0 Å². The first-order chi connectivity index (χ1) is 16.0. The van der Waals surface area contributed by atoms with Crippen molar-refractivity contribution in [1.29, 1.82) is 0 Å². The number of fused-ring (bicyclic) bond motifs is 1. The molecule has 0 bridgehead atoms. The van der Waals surface area contributed by atoms with Crippen molar-refractivity contribution in [3.8, 4) is 28.3 Å². The average molecular weight is 441 g/mol.